The number of fused-ring (bicyclic) bond motifs is 3. The molecule has 0 spiro atoms. The van der Waals surface area contributed by atoms with E-state index in [4.69, 9.17) is 0 Å². The average molecular weight is 306 g/mol. The molecule has 22 heavy (non-hydrogen) atoms. The summed E-state index contributed by atoms with van der Waals surface area (Å²) >= 11 is 0. The van der Waals surface area contributed by atoms with E-state index < -0.39 is 17.0 Å². The van der Waals surface area contributed by atoms with Crippen molar-refractivity contribution in [2.45, 2.75) is 65.4 Å². The smallest absolute Gasteiger partial charge is 0.310 e. The third kappa shape index (κ3) is 2.08. The van der Waals surface area contributed by atoms with Gasteiger partial charge in [0.05, 0.1) is 11.0 Å². The summed E-state index contributed by atoms with van der Waals surface area (Å²) in [6, 6.07) is 0. The van der Waals surface area contributed by atoms with Crippen molar-refractivity contribution >= 4 is 5.97 Å². The Morgan fingerprint density at radius 1 is 1.23 bits per heavy atom. The van der Waals surface area contributed by atoms with E-state index in [1.165, 1.54) is 0 Å². The van der Waals surface area contributed by atoms with Crippen LogP contribution in [0.1, 0.15) is 59.8 Å². The second kappa shape index (κ2) is 4.83. The fourth-order valence-corrected chi connectivity index (χ4v) is 6.28. The van der Waals surface area contributed by atoms with Crippen molar-refractivity contribution in [1.82, 2.24) is 0 Å². The molecule has 0 saturated heterocycles. The van der Waals surface area contributed by atoms with Gasteiger partial charge >= 0.3 is 5.97 Å². The highest BCUT2D eigenvalue weighted by atomic mass is 16.4. The molecule has 0 unspecified atom stereocenters. The van der Waals surface area contributed by atoms with Gasteiger partial charge in [-0.2, -0.15) is 0 Å². The molecule has 3 aliphatic rings. The number of rotatable bonds is 2. The summed E-state index contributed by atoms with van der Waals surface area (Å²) in [5.74, 6) is 0.642. The van der Waals surface area contributed by atoms with Gasteiger partial charge in [0.25, 0.3) is 0 Å². The van der Waals surface area contributed by atoms with E-state index in [0.717, 1.165) is 32.1 Å². The molecule has 0 aromatic rings. The van der Waals surface area contributed by atoms with Crippen molar-refractivity contribution in [3.63, 3.8) is 0 Å². The van der Waals surface area contributed by atoms with Crippen LogP contribution >= 0.6 is 0 Å². The number of hydrogen-bond donors (Lipinski definition) is 2. The van der Waals surface area contributed by atoms with Crippen LogP contribution in [0.3, 0.4) is 0 Å². The Labute approximate surface area is 133 Å². The summed E-state index contributed by atoms with van der Waals surface area (Å²) in [4.78, 5) is 12.3. The molecule has 124 valence electrons. The first kappa shape index (κ1) is 16.0. The third-order valence-electron chi connectivity index (χ3n) is 7.09. The molecule has 0 bridgehead atoms. The summed E-state index contributed by atoms with van der Waals surface area (Å²) in [6.45, 7) is 8.47. The van der Waals surface area contributed by atoms with Crippen molar-refractivity contribution in [3.05, 3.63) is 12.2 Å². The molecule has 3 nitrogen and oxygen atoms in total. The van der Waals surface area contributed by atoms with E-state index in [0.29, 0.717) is 11.8 Å². The zero-order valence-corrected chi connectivity index (χ0v) is 14.3. The molecule has 0 aliphatic heterocycles. The number of aliphatic carboxylic acids is 1. The number of carbonyl (C=O) groups is 1. The molecule has 3 rings (SSSR count). The summed E-state index contributed by atoms with van der Waals surface area (Å²) in [6.07, 6.45) is 8.54. The van der Waals surface area contributed by atoms with Gasteiger partial charge in [-0.25, -0.2) is 0 Å². The van der Waals surface area contributed by atoms with E-state index in [1.807, 2.05) is 13.0 Å². The summed E-state index contributed by atoms with van der Waals surface area (Å²) < 4.78 is 0. The Hall–Kier alpha value is -0.830. The van der Waals surface area contributed by atoms with Crippen LogP contribution in [0.15, 0.2) is 12.2 Å². The van der Waals surface area contributed by atoms with Crippen LogP contribution < -0.4 is 0 Å². The molecule has 0 aromatic carbocycles. The second-order valence-electron chi connectivity index (χ2n) is 8.95. The Balaban J connectivity index is 2.03. The van der Waals surface area contributed by atoms with Crippen LogP contribution in [-0.2, 0) is 4.79 Å². The highest BCUT2D eigenvalue weighted by Gasteiger charge is 2.64. The fourth-order valence-electron chi connectivity index (χ4n) is 6.28. The second-order valence-corrected chi connectivity index (χ2v) is 8.95. The Kier molecular flexibility index (Phi) is 3.52. The van der Waals surface area contributed by atoms with Gasteiger partial charge in [-0.05, 0) is 68.1 Å². The SMILES string of the molecule is CC(C)[C@H]1CC[C@H]2[C@@H]3C=C[C@](C)(O)C[C@]3(C)CC[C@]12C(=O)O. The van der Waals surface area contributed by atoms with Gasteiger partial charge in [0.2, 0.25) is 0 Å². The monoisotopic (exact) mass is 306 g/mol. The lowest BCUT2D eigenvalue weighted by atomic mass is 9.48. The van der Waals surface area contributed by atoms with Crippen molar-refractivity contribution in [2.24, 2.45) is 34.5 Å². The average Bonchev–Trinajstić information content (AvgIpc) is 2.76. The molecule has 6 atom stereocenters. The van der Waals surface area contributed by atoms with Crippen molar-refractivity contribution in [3.8, 4) is 0 Å². The predicted octanol–water partition coefficient (Wildman–Crippen LogP) is 3.87. The van der Waals surface area contributed by atoms with Gasteiger partial charge in [0, 0.05) is 0 Å². The Morgan fingerprint density at radius 3 is 2.50 bits per heavy atom. The van der Waals surface area contributed by atoms with Crippen LogP contribution in [0.5, 0.6) is 0 Å². The van der Waals surface area contributed by atoms with Gasteiger partial charge < -0.3 is 10.2 Å². The topological polar surface area (TPSA) is 57.5 Å². The molecule has 0 aromatic heterocycles. The van der Waals surface area contributed by atoms with Crippen LogP contribution in [0, 0.1) is 34.5 Å². The van der Waals surface area contributed by atoms with Crippen LogP contribution in [0.4, 0.5) is 0 Å². The highest BCUT2D eigenvalue weighted by molar-refractivity contribution is 5.76. The molecule has 3 aliphatic carbocycles. The molecule has 2 N–H and O–H groups in total. The van der Waals surface area contributed by atoms with Gasteiger partial charge in [0.1, 0.15) is 0 Å². The fraction of sp³-hybridized carbons (Fsp3) is 0.842. The van der Waals surface area contributed by atoms with Crippen LogP contribution in [0.2, 0.25) is 0 Å². The van der Waals surface area contributed by atoms with E-state index in [1.54, 1.807) is 0 Å². The van der Waals surface area contributed by atoms with E-state index in [-0.39, 0.29) is 17.3 Å². The number of carboxylic acids is 1. The minimum Gasteiger partial charge on any atom is -0.481 e. The Bertz CT molecular complexity index is 507. The minimum atomic E-state index is -0.746. The van der Waals surface area contributed by atoms with Crippen molar-refractivity contribution < 1.29 is 15.0 Å². The molecule has 0 amide bonds. The van der Waals surface area contributed by atoms with Crippen molar-refractivity contribution in [1.29, 1.82) is 0 Å². The largest absolute Gasteiger partial charge is 0.481 e. The standard InChI is InChI=1S/C19H30O3/c1-12(2)13-5-6-15-14-7-8-18(4,22)11-17(14,3)9-10-19(13,15)16(20)21/h7-8,12-15,22H,5-6,9-11H2,1-4H3,(H,20,21)/t13-,14+,15+,17+,18+,19+/m1/s1. The third-order valence-corrected chi connectivity index (χ3v) is 7.09. The molecule has 0 radical (unpaired) electrons. The lowest BCUT2D eigenvalue weighted by Crippen LogP contribution is -2.54. The van der Waals surface area contributed by atoms with Gasteiger partial charge in [-0.3, -0.25) is 4.79 Å². The lowest BCUT2D eigenvalue weighted by Gasteiger charge is -2.56. The zero-order valence-electron chi connectivity index (χ0n) is 14.3. The Morgan fingerprint density at radius 2 is 1.91 bits per heavy atom. The summed E-state index contributed by atoms with van der Waals surface area (Å²) in [7, 11) is 0. The molecule has 2 saturated carbocycles. The maximum Gasteiger partial charge on any atom is 0.310 e. The van der Waals surface area contributed by atoms with E-state index >= 15 is 0 Å². The molecule has 3 heteroatoms. The van der Waals surface area contributed by atoms with Crippen LogP contribution in [-0.4, -0.2) is 21.8 Å². The number of hydrogen-bond acceptors (Lipinski definition) is 2. The summed E-state index contributed by atoms with van der Waals surface area (Å²) in [5.41, 5.74) is -1.26. The van der Waals surface area contributed by atoms with Gasteiger partial charge in [-0.1, -0.05) is 32.9 Å². The molecule has 0 heterocycles. The van der Waals surface area contributed by atoms with Gasteiger partial charge in [-0.15, -0.1) is 0 Å². The lowest BCUT2D eigenvalue weighted by molar-refractivity contribution is -0.166. The number of allylic oxidation sites excluding steroid dienone is 1. The quantitative estimate of drug-likeness (QED) is 0.761. The molecular formula is C19H30O3. The maximum atomic E-state index is 12.3. The predicted molar refractivity (Wildman–Crippen MR) is 86.3 cm³/mol. The first-order chi connectivity index (χ1) is 10.1. The molecule has 2 fully saturated rings. The number of carboxylic acid groups (broad SMARTS) is 1. The number of aliphatic hydroxyl groups is 1. The van der Waals surface area contributed by atoms with Gasteiger partial charge in [0.15, 0.2) is 0 Å². The minimum absolute atomic E-state index is 0.0355. The van der Waals surface area contributed by atoms with Crippen LogP contribution in [0.25, 0.3) is 0 Å². The van der Waals surface area contributed by atoms with E-state index in [9.17, 15) is 15.0 Å². The normalized spacial score (nSPS) is 50.7. The van der Waals surface area contributed by atoms with Crippen molar-refractivity contribution in [2.75, 3.05) is 0 Å². The van der Waals surface area contributed by atoms with E-state index in [2.05, 4.69) is 26.8 Å². The molecular weight excluding hydrogens is 276 g/mol. The summed E-state index contributed by atoms with van der Waals surface area (Å²) in [5, 5.41) is 20.6. The first-order valence-corrected chi connectivity index (χ1v) is 8.77. The highest BCUT2D eigenvalue weighted by Crippen LogP contribution is 2.66. The zero-order chi connectivity index (χ0) is 16.3. The first-order valence-electron chi connectivity index (χ1n) is 8.77. The maximum absolute atomic E-state index is 12.3.